The Bertz CT molecular complexity index is 492. The third-order valence-corrected chi connectivity index (χ3v) is 3.76. The van der Waals surface area contributed by atoms with Crippen LogP contribution in [-0.4, -0.2) is 53.3 Å². The van der Waals surface area contributed by atoms with Gasteiger partial charge in [-0.1, -0.05) is 12.1 Å². The normalized spacial score (nSPS) is 15.6. The highest BCUT2D eigenvalue weighted by Gasteiger charge is 2.26. The van der Waals surface area contributed by atoms with Crippen LogP contribution in [0.15, 0.2) is 24.3 Å². The van der Waals surface area contributed by atoms with Gasteiger partial charge in [-0.15, -0.1) is 0 Å². The topological polar surface area (TPSA) is 40.6 Å². The molecule has 0 saturated carbocycles. The summed E-state index contributed by atoms with van der Waals surface area (Å²) in [4.78, 5) is 27.1. The number of piperazine rings is 1. The van der Waals surface area contributed by atoms with Gasteiger partial charge in [0.15, 0.2) is 0 Å². The van der Waals surface area contributed by atoms with Gasteiger partial charge in [0.05, 0.1) is 12.3 Å². The van der Waals surface area contributed by atoms with E-state index in [4.69, 9.17) is 0 Å². The standard InChI is InChI=1S/C14H17FN2O2S/c1-20-10-14(19)17-7-6-16(13(18)9-17)8-11-2-4-12(15)5-3-11/h2-5H,6-10H2,1H3. The molecule has 20 heavy (non-hydrogen) atoms. The summed E-state index contributed by atoms with van der Waals surface area (Å²) >= 11 is 1.46. The molecule has 0 N–H and O–H groups in total. The molecule has 2 rings (SSSR count). The minimum atomic E-state index is -0.285. The average molecular weight is 296 g/mol. The second-order valence-electron chi connectivity index (χ2n) is 4.69. The second kappa shape index (κ2) is 6.74. The predicted molar refractivity (Wildman–Crippen MR) is 76.8 cm³/mol. The van der Waals surface area contributed by atoms with Gasteiger partial charge in [-0.3, -0.25) is 9.59 Å². The molecular formula is C14H17FN2O2S. The zero-order valence-electron chi connectivity index (χ0n) is 11.3. The first-order valence-electron chi connectivity index (χ1n) is 6.39. The Morgan fingerprint density at radius 2 is 2.00 bits per heavy atom. The van der Waals surface area contributed by atoms with Gasteiger partial charge in [-0.25, -0.2) is 4.39 Å². The molecule has 1 heterocycles. The summed E-state index contributed by atoms with van der Waals surface area (Å²) in [6.07, 6.45) is 1.87. The summed E-state index contributed by atoms with van der Waals surface area (Å²) in [6, 6.07) is 6.12. The lowest BCUT2D eigenvalue weighted by Gasteiger charge is -2.34. The van der Waals surface area contributed by atoms with Gasteiger partial charge < -0.3 is 9.80 Å². The lowest BCUT2D eigenvalue weighted by atomic mass is 10.2. The summed E-state index contributed by atoms with van der Waals surface area (Å²) in [5, 5.41) is 0. The molecule has 1 aromatic rings. The van der Waals surface area contributed by atoms with Crippen molar-refractivity contribution in [3.63, 3.8) is 0 Å². The van der Waals surface area contributed by atoms with Crippen LogP contribution in [0.1, 0.15) is 5.56 Å². The van der Waals surface area contributed by atoms with E-state index in [0.29, 0.717) is 25.4 Å². The maximum Gasteiger partial charge on any atom is 0.242 e. The SMILES string of the molecule is CSCC(=O)N1CCN(Cc2ccc(F)cc2)C(=O)C1. The molecule has 2 amide bonds. The van der Waals surface area contributed by atoms with E-state index in [9.17, 15) is 14.0 Å². The summed E-state index contributed by atoms with van der Waals surface area (Å²) in [5.74, 6) is 0.0699. The average Bonchev–Trinajstić information content (AvgIpc) is 2.43. The van der Waals surface area contributed by atoms with E-state index < -0.39 is 0 Å². The Kier molecular flexibility index (Phi) is 5.00. The van der Waals surface area contributed by atoms with E-state index in [1.807, 2.05) is 6.26 Å². The minimum Gasteiger partial charge on any atom is -0.335 e. The van der Waals surface area contributed by atoms with Crippen LogP contribution in [0.3, 0.4) is 0 Å². The molecule has 0 aromatic heterocycles. The Labute approximate surface area is 121 Å². The third kappa shape index (κ3) is 3.72. The lowest BCUT2D eigenvalue weighted by molar-refractivity contribution is -0.144. The summed E-state index contributed by atoms with van der Waals surface area (Å²) in [5.41, 5.74) is 0.892. The second-order valence-corrected chi connectivity index (χ2v) is 5.56. The van der Waals surface area contributed by atoms with Gasteiger partial charge in [0, 0.05) is 19.6 Å². The van der Waals surface area contributed by atoms with Crippen LogP contribution < -0.4 is 0 Å². The molecule has 0 spiro atoms. The molecule has 1 aromatic carbocycles. The van der Waals surface area contributed by atoms with Gasteiger partial charge in [0.1, 0.15) is 5.82 Å². The lowest BCUT2D eigenvalue weighted by Crippen LogP contribution is -2.52. The fourth-order valence-corrected chi connectivity index (χ4v) is 2.54. The number of benzene rings is 1. The highest BCUT2D eigenvalue weighted by atomic mass is 32.2. The van der Waals surface area contributed by atoms with E-state index in [1.54, 1.807) is 21.9 Å². The van der Waals surface area contributed by atoms with E-state index in [-0.39, 0.29) is 24.2 Å². The zero-order valence-corrected chi connectivity index (χ0v) is 12.2. The van der Waals surface area contributed by atoms with E-state index in [1.165, 1.54) is 23.9 Å². The van der Waals surface area contributed by atoms with Crippen molar-refractivity contribution in [2.75, 3.05) is 31.6 Å². The van der Waals surface area contributed by atoms with Crippen molar-refractivity contribution in [1.82, 2.24) is 9.80 Å². The van der Waals surface area contributed by atoms with Crippen molar-refractivity contribution in [3.05, 3.63) is 35.6 Å². The van der Waals surface area contributed by atoms with Crippen molar-refractivity contribution >= 4 is 23.6 Å². The molecule has 0 aliphatic carbocycles. The molecule has 1 fully saturated rings. The molecule has 1 aliphatic rings. The monoisotopic (exact) mass is 296 g/mol. The fourth-order valence-electron chi connectivity index (χ4n) is 2.11. The van der Waals surface area contributed by atoms with Crippen molar-refractivity contribution in [3.8, 4) is 0 Å². The smallest absolute Gasteiger partial charge is 0.242 e. The molecule has 1 aliphatic heterocycles. The molecule has 1 saturated heterocycles. The van der Waals surface area contributed by atoms with Crippen LogP contribution in [0.2, 0.25) is 0 Å². The van der Waals surface area contributed by atoms with Gasteiger partial charge in [-0.05, 0) is 24.0 Å². The number of hydrogen-bond donors (Lipinski definition) is 0. The molecule has 0 bridgehead atoms. The Morgan fingerprint density at radius 3 is 2.60 bits per heavy atom. The van der Waals surface area contributed by atoms with Crippen LogP contribution in [0.5, 0.6) is 0 Å². The van der Waals surface area contributed by atoms with Crippen molar-refractivity contribution in [2.45, 2.75) is 6.54 Å². The van der Waals surface area contributed by atoms with E-state index >= 15 is 0 Å². The van der Waals surface area contributed by atoms with E-state index in [2.05, 4.69) is 0 Å². The van der Waals surface area contributed by atoms with Gasteiger partial charge in [0.25, 0.3) is 0 Å². The summed E-state index contributed by atoms with van der Waals surface area (Å²) in [7, 11) is 0. The zero-order chi connectivity index (χ0) is 14.5. The van der Waals surface area contributed by atoms with Crippen LogP contribution in [0.25, 0.3) is 0 Å². The molecule has 0 atom stereocenters. The van der Waals surface area contributed by atoms with E-state index in [0.717, 1.165) is 5.56 Å². The van der Waals surface area contributed by atoms with Crippen LogP contribution in [0.4, 0.5) is 4.39 Å². The summed E-state index contributed by atoms with van der Waals surface area (Å²) < 4.78 is 12.8. The first-order chi connectivity index (χ1) is 9.60. The number of rotatable bonds is 4. The molecule has 6 heteroatoms. The van der Waals surface area contributed by atoms with Gasteiger partial charge in [-0.2, -0.15) is 11.8 Å². The molecular weight excluding hydrogens is 279 g/mol. The summed E-state index contributed by atoms with van der Waals surface area (Å²) in [6.45, 7) is 1.69. The Balaban J connectivity index is 1.91. The van der Waals surface area contributed by atoms with Gasteiger partial charge >= 0.3 is 0 Å². The third-order valence-electron chi connectivity index (χ3n) is 3.23. The first kappa shape index (κ1) is 14.8. The van der Waals surface area contributed by atoms with Crippen LogP contribution in [-0.2, 0) is 16.1 Å². The number of carbonyl (C=O) groups excluding carboxylic acids is 2. The fraction of sp³-hybridized carbons (Fsp3) is 0.429. The molecule has 0 radical (unpaired) electrons. The maximum absolute atomic E-state index is 12.8. The number of thioether (sulfide) groups is 1. The van der Waals surface area contributed by atoms with Crippen LogP contribution >= 0.6 is 11.8 Å². The van der Waals surface area contributed by atoms with Gasteiger partial charge in [0.2, 0.25) is 11.8 Å². The highest BCUT2D eigenvalue weighted by Crippen LogP contribution is 2.11. The molecule has 4 nitrogen and oxygen atoms in total. The molecule has 0 unspecified atom stereocenters. The molecule has 108 valence electrons. The number of nitrogens with zero attached hydrogens (tertiary/aromatic N) is 2. The maximum atomic E-state index is 12.8. The number of halogens is 1. The van der Waals surface area contributed by atoms with Crippen molar-refractivity contribution in [2.24, 2.45) is 0 Å². The van der Waals surface area contributed by atoms with Crippen LogP contribution in [0, 0.1) is 5.82 Å². The highest BCUT2D eigenvalue weighted by molar-refractivity contribution is 7.99. The van der Waals surface area contributed by atoms with Crippen molar-refractivity contribution < 1.29 is 14.0 Å². The first-order valence-corrected chi connectivity index (χ1v) is 7.78. The number of amides is 2. The Morgan fingerprint density at radius 1 is 1.30 bits per heavy atom. The number of hydrogen-bond acceptors (Lipinski definition) is 3. The largest absolute Gasteiger partial charge is 0.335 e. The Hall–Kier alpha value is -1.56. The van der Waals surface area contributed by atoms with Crippen molar-refractivity contribution in [1.29, 1.82) is 0 Å². The minimum absolute atomic E-state index is 0.00674. The predicted octanol–water partition coefficient (Wildman–Crippen LogP) is 1.36. The quantitative estimate of drug-likeness (QED) is 0.842. The number of carbonyl (C=O) groups is 2.